The van der Waals surface area contributed by atoms with Crippen molar-refractivity contribution < 1.29 is 0 Å². The molecule has 0 saturated carbocycles. The van der Waals surface area contributed by atoms with Crippen LogP contribution in [0.1, 0.15) is 34.7 Å². The van der Waals surface area contributed by atoms with Gasteiger partial charge in [0.1, 0.15) is 12.7 Å². The lowest BCUT2D eigenvalue weighted by molar-refractivity contribution is 0.503. The van der Waals surface area contributed by atoms with Crippen LogP contribution in [-0.4, -0.2) is 14.8 Å². The van der Waals surface area contributed by atoms with Gasteiger partial charge in [-0.3, -0.25) is 4.68 Å². The van der Waals surface area contributed by atoms with Gasteiger partial charge in [0.25, 0.3) is 0 Å². The lowest BCUT2D eigenvalue weighted by Crippen LogP contribution is -2.22. The zero-order valence-electron chi connectivity index (χ0n) is 14.5. The second kappa shape index (κ2) is 6.86. The summed E-state index contributed by atoms with van der Waals surface area (Å²) >= 11 is 0. The monoisotopic (exact) mass is 337 g/mol. The molecule has 0 N–H and O–H groups in total. The number of hydrogen-bond donors (Lipinski definition) is 0. The van der Waals surface area contributed by atoms with Crippen molar-refractivity contribution in [3.05, 3.63) is 82.9 Å². The smallest absolute Gasteiger partial charge is 0.137 e. The van der Waals surface area contributed by atoms with Gasteiger partial charge in [0.2, 0.25) is 0 Å². The van der Waals surface area contributed by atoms with Gasteiger partial charge < -0.3 is 0 Å². The number of aromatic nitrogens is 3. The Balaban J connectivity index is 1.80. The summed E-state index contributed by atoms with van der Waals surface area (Å²) in [6.45, 7) is 7.33. The summed E-state index contributed by atoms with van der Waals surface area (Å²) in [6, 6.07) is 15.6. The van der Waals surface area contributed by atoms with E-state index in [1.165, 1.54) is 27.8 Å². The van der Waals surface area contributed by atoms with Gasteiger partial charge in [0.05, 0.1) is 6.54 Å². The molecule has 0 bridgehead atoms. The van der Waals surface area contributed by atoms with Crippen molar-refractivity contribution in [3.63, 3.8) is 0 Å². The SMILES string of the molecule is Cc1ccc(Cc2ccc(C(C)(P)Cn3cncn3)c(C)c2)cc1. The van der Waals surface area contributed by atoms with Crippen molar-refractivity contribution in [2.75, 3.05) is 0 Å². The molecule has 0 aliphatic heterocycles. The highest BCUT2D eigenvalue weighted by Crippen LogP contribution is 2.35. The van der Waals surface area contributed by atoms with Crippen molar-refractivity contribution in [1.29, 1.82) is 0 Å². The Morgan fingerprint density at radius 1 is 1.04 bits per heavy atom. The van der Waals surface area contributed by atoms with E-state index in [9.17, 15) is 0 Å². The number of aryl methyl sites for hydroxylation is 2. The lowest BCUT2D eigenvalue weighted by Gasteiger charge is -2.27. The van der Waals surface area contributed by atoms with Crippen LogP contribution >= 0.6 is 9.24 Å². The van der Waals surface area contributed by atoms with E-state index < -0.39 is 0 Å². The van der Waals surface area contributed by atoms with Crippen LogP contribution in [0.25, 0.3) is 0 Å². The van der Waals surface area contributed by atoms with Gasteiger partial charge in [-0.1, -0.05) is 55.0 Å². The summed E-state index contributed by atoms with van der Waals surface area (Å²) in [7, 11) is 2.98. The van der Waals surface area contributed by atoms with Crippen molar-refractivity contribution in [2.45, 2.75) is 38.9 Å². The van der Waals surface area contributed by atoms with E-state index in [1.54, 1.807) is 12.7 Å². The molecule has 4 heteroatoms. The minimum Gasteiger partial charge on any atom is -0.252 e. The molecule has 1 heterocycles. The summed E-state index contributed by atoms with van der Waals surface area (Å²) in [6.07, 6.45) is 4.32. The first-order valence-electron chi connectivity index (χ1n) is 8.21. The fraction of sp³-hybridized carbons (Fsp3) is 0.300. The van der Waals surface area contributed by atoms with Crippen LogP contribution < -0.4 is 0 Å². The third kappa shape index (κ3) is 3.91. The van der Waals surface area contributed by atoms with Crippen molar-refractivity contribution in [1.82, 2.24) is 14.8 Å². The predicted molar refractivity (Wildman–Crippen MR) is 102 cm³/mol. The Hall–Kier alpha value is -1.99. The Morgan fingerprint density at radius 3 is 2.38 bits per heavy atom. The average molecular weight is 337 g/mol. The van der Waals surface area contributed by atoms with Gasteiger partial charge in [0.15, 0.2) is 0 Å². The zero-order valence-corrected chi connectivity index (χ0v) is 15.7. The minimum absolute atomic E-state index is 0.0693. The minimum atomic E-state index is -0.0693. The fourth-order valence-corrected chi connectivity index (χ4v) is 3.67. The number of rotatable bonds is 5. The highest BCUT2D eigenvalue weighted by molar-refractivity contribution is 7.18. The molecule has 2 atom stereocenters. The molecule has 2 aromatic carbocycles. The van der Waals surface area contributed by atoms with Gasteiger partial charge in [-0.15, -0.1) is 9.24 Å². The molecular formula is C20H24N3P. The van der Waals surface area contributed by atoms with E-state index in [1.807, 2.05) is 4.68 Å². The van der Waals surface area contributed by atoms with Crippen LogP contribution in [-0.2, 0) is 18.1 Å². The van der Waals surface area contributed by atoms with E-state index in [2.05, 4.69) is 82.6 Å². The topological polar surface area (TPSA) is 30.7 Å². The molecule has 0 amide bonds. The van der Waals surface area contributed by atoms with Crippen LogP contribution in [0.2, 0.25) is 0 Å². The molecule has 1 aromatic heterocycles. The first-order chi connectivity index (χ1) is 11.4. The zero-order chi connectivity index (χ0) is 17.2. The van der Waals surface area contributed by atoms with Crippen LogP contribution in [0.3, 0.4) is 0 Å². The summed E-state index contributed by atoms with van der Waals surface area (Å²) in [5.74, 6) is 0. The number of benzene rings is 2. The van der Waals surface area contributed by atoms with Gasteiger partial charge >= 0.3 is 0 Å². The Labute approximate surface area is 146 Å². The van der Waals surface area contributed by atoms with E-state index in [0.717, 1.165) is 13.0 Å². The molecule has 24 heavy (non-hydrogen) atoms. The van der Waals surface area contributed by atoms with Crippen molar-refractivity contribution in [3.8, 4) is 0 Å². The molecule has 0 radical (unpaired) electrons. The molecule has 124 valence electrons. The molecule has 3 aromatic rings. The van der Waals surface area contributed by atoms with Gasteiger partial charge in [-0.25, -0.2) is 4.98 Å². The molecule has 3 nitrogen and oxygen atoms in total. The van der Waals surface area contributed by atoms with Crippen LogP contribution in [0.4, 0.5) is 0 Å². The van der Waals surface area contributed by atoms with Gasteiger partial charge in [0, 0.05) is 5.16 Å². The number of nitrogens with zero attached hydrogens (tertiary/aromatic N) is 3. The largest absolute Gasteiger partial charge is 0.252 e. The predicted octanol–water partition coefficient (Wildman–Crippen LogP) is 4.28. The van der Waals surface area contributed by atoms with Crippen LogP contribution in [0.15, 0.2) is 55.1 Å². The lowest BCUT2D eigenvalue weighted by atomic mass is 9.92. The third-order valence-electron chi connectivity index (χ3n) is 4.39. The second-order valence-electron chi connectivity index (χ2n) is 6.82. The maximum Gasteiger partial charge on any atom is 0.137 e. The molecule has 0 aliphatic carbocycles. The van der Waals surface area contributed by atoms with Gasteiger partial charge in [-0.2, -0.15) is 5.10 Å². The molecule has 3 rings (SSSR count). The van der Waals surface area contributed by atoms with Crippen molar-refractivity contribution in [2.24, 2.45) is 0 Å². The van der Waals surface area contributed by atoms with E-state index in [4.69, 9.17) is 0 Å². The van der Waals surface area contributed by atoms with E-state index in [-0.39, 0.29) is 5.16 Å². The third-order valence-corrected chi connectivity index (χ3v) is 4.89. The van der Waals surface area contributed by atoms with Crippen LogP contribution in [0.5, 0.6) is 0 Å². The molecule has 0 fully saturated rings. The second-order valence-corrected chi connectivity index (χ2v) is 8.10. The Morgan fingerprint density at radius 2 is 1.75 bits per heavy atom. The standard InChI is InChI=1S/C20H24N3P/c1-15-4-6-17(7-5-15)11-18-8-9-19(16(2)10-18)20(3,24)12-23-14-21-13-22-23/h4-10,13-14H,11-12,24H2,1-3H3. The first kappa shape index (κ1) is 16.9. The normalized spacial score (nSPS) is 13.7. The summed E-state index contributed by atoms with van der Waals surface area (Å²) in [5, 5.41) is 4.16. The average Bonchev–Trinajstić information content (AvgIpc) is 3.01. The molecular weight excluding hydrogens is 313 g/mol. The molecule has 2 unspecified atom stereocenters. The highest BCUT2D eigenvalue weighted by atomic mass is 31.0. The number of hydrogen-bond acceptors (Lipinski definition) is 2. The summed E-state index contributed by atoms with van der Waals surface area (Å²) in [5.41, 5.74) is 6.65. The highest BCUT2D eigenvalue weighted by Gasteiger charge is 2.24. The maximum absolute atomic E-state index is 4.23. The summed E-state index contributed by atoms with van der Waals surface area (Å²) in [4.78, 5) is 4.03. The van der Waals surface area contributed by atoms with Gasteiger partial charge in [-0.05, 0) is 42.5 Å². The Kier molecular flexibility index (Phi) is 4.82. The summed E-state index contributed by atoms with van der Waals surface area (Å²) < 4.78 is 1.88. The van der Waals surface area contributed by atoms with Crippen molar-refractivity contribution >= 4 is 9.24 Å². The molecule has 0 aliphatic rings. The Bertz CT molecular complexity index is 805. The maximum atomic E-state index is 4.23. The molecule has 0 saturated heterocycles. The van der Waals surface area contributed by atoms with E-state index >= 15 is 0 Å². The van der Waals surface area contributed by atoms with E-state index in [0.29, 0.717) is 0 Å². The molecule has 0 spiro atoms. The van der Waals surface area contributed by atoms with Crippen LogP contribution in [0, 0.1) is 13.8 Å². The first-order valence-corrected chi connectivity index (χ1v) is 8.79. The quantitative estimate of drug-likeness (QED) is 0.651. The fourth-order valence-electron chi connectivity index (χ4n) is 3.15.